The van der Waals surface area contributed by atoms with Crippen LogP contribution in [-0.2, 0) is 52.8 Å². The standard InChI is InChI=1S/C14H17NO2S2.C13H17NOS2.C5H10O/c1-10-15-12(9-18-10)4-5-13-7-11(8-19-13)3-6-14(16)17-2;1-10-14-12(9-16-10)4-5-13-7-11(8-17-13)3-2-6-15;1-5-3-2-4-6-5/h7-9H,3-6H2,1-2H3;7-9,15H,2-6H2,1H3;5H,2-4H2,1H3. The number of hydrogen-bond acceptors (Lipinski definition) is 10. The Morgan fingerprint density at radius 2 is 1.45 bits per heavy atom. The normalized spacial score (nSPS) is 14.2. The number of aliphatic hydroxyl groups is 1. The van der Waals surface area contributed by atoms with Crippen molar-refractivity contribution in [3.63, 3.8) is 0 Å². The van der Waals surface area contributed by atoms with Crippen LogP contribution in [0.4, 0.5) is 0 Å². The smallest absolute Gasteiger partial charge is 0.305 e. The largest absolute Gasteiger partial charge is 0.469 e. The van der Waals surface area contributed by atoms with Gasteiger partial charge in [-0.1, -0.05) is 0 Å². The van der Waals surface area contributed by atoms with Crippen LogP contribution >= 0.6 is 45.3 Å². The topological polar surface area (TPSA) is 81.5 Å². The number of aryl methyl sites for hydroxylation is 8. The Morgan fingerprint density at radius 1 is 0.881 bits per heavy atom. The fraction of sp³-hybridized carbons (Fsp3) is 0.531. The summed E-state index contributed by atoms with van der Waals surface area (Å²) in [5.74, 6) is -0.148. The van der Waals surface area contributed by atoms with Crippen LogP contribution in [0.25, 0.3) is 0 Å². The molecule has 4 aromatic rings. The summed E-state index contributed by atoms with van der Waals surface area (Å²) in [7, 11) is 1.43. The number of esters is 1. The van der Waals surface area contributed by atoms with E-state index < -0.39 is 0 Å². The molecule has 0 amide bonds. The van der Waals surface area contributed by atoms with E-state index in [2.05, 4.69) is 55.3 Å². The minimum Gasteiger partial charge on any atom is -0.469 e. The number of rotatable bonds is 12. The Hall–Kier alpha value is -1.95. The number of thiophene rings is 2. The number of carbonyl (C=O) groups excluding carboxylic acids is 1. The van der Waals surface area contributed by atoms with Gasteiger partial charge in [-0.2, -0.15) is 0 Å². The summed E-state index contributed by atoms with van der Waals surface area (Å²) in [5, 5.41) is 19.7. The molecule has 0 bridgehead atoms. The van der Waals surface area contributed by atoms with Gasteiger partial charge in [-0.25, -0.2) is 9.97 Å². The second kappa shape index (κ2) is 19.4. The van der Waals surface area contributed by atoms with Crippen LogP contribution in [-0.4, -0.2) is 47.5 Å². The predicted molar refractivity (Wildman–Crippen MR) is 178 cm³/mol. The molecular formula is C32H44N2O4S4. The highest BCUT2D eigenvalue weighted by atomic mass is 32.1. The Bertz CT molecular complexity index is 1300. The lowest BCUT2D eigenvalue weighted by molar-refractivity contribution is -0.140. The minimum atomic E-state index is -0.148. The first kappa shape index (κ1) is 34.5. The van der Waals surface area contributed by atoms with E-state index in [0.29, 0.717) is 12.5 Å². The van der Waals surface area contributed by atoms with Crippen LogP contribution in [0.15, 0.2) is 33.7 Å². The third kappa shape index (κ3) is 13.6. The highest BCUT2D eigenvalue weighted by Crippen LogP contribution is 2.20. The van der Waals surface area contributed by atoms with E-state index in [9.17, 15) is 4.79 Å². The van der Waals surface area contributed by atoms with Crippen LogP contribution in [0.5, 0.6) is 0 Å². The maximum atomic E-state index is 11.1. The molecule has 0 radical (unpaired) electrons. The van der Waals surface area contributed by atoms with Crippen LogP contribution in [0.3, 0.4) is 0 Å². The van der Waals surface area contributed by atoms with Gasteiger partial charge in [-0.3, -0.25) is 4.79 Å². The predicted octanol–water partition coefficient (Wildman–Crippen LogP) is 7.81. The number of aromatic nitrogens is 2. The average molecular weight is 649 g/mol. The van der Waals surface area contributed by atoms with Crippen molar-refractivity contribution in [1.82, 2.24) is 9.97 Å². The monoisotopic (exact) mass is 648 g/mol. The molecule has 230 valence electrons. The van der Waals surface area contributed by atoms with Crippen molar-refractivity contribution in [2.45, 2.75) is 91.1 Å². The summed E-state index contributed by atoms with van der Waals surface area (Å²) >= 11 is 7.00. The summed E-state index contributed by atoms with van der Waals surface area (Å²) in [4.78, 5) is 22.8. The quantitative estimate of drug-likeness (QED) is 0.158. The van der Waals surface area contributed by atoms with Crippen LogP contribution in [0, 0.1) is 13.8 Å². The number of hydrogen-bond donors (Lipinski definition) is 1. The molecular weight excluding hydrogens is 605 g/mol. The summed E-state index contributed by atoms with van der Waals surface area (Å²) in [6.07, 6.45) is 10.3. The van der Waals surface area contributed by atoms with E-state index in [1.165, 1.54) is 52.2 Å². The van der Waals surface area contributed by atoms with Crippen LogP contribution < -0.4 is 0 Å². The zero-order chi connectivity index (χ0) is 30.2. The molecule has 4 aromatic heterocycles. The van der Waals surface area contributed by atoms with E-state index in [1.807, 2.05) is 25.2 Å². The van der Waals surface area contributed by atoms with Gasteiger partial charge in [0.05, 0.1) is 34.6 Å². The summed E-state index contributed by atoms with van der Waals surface area (Å²) in [6, 6.07) is 4.45. The number of thiazole rings is 2. The lowest BCUT2D eigenvalue weighted by Gasteiger charge is -1.97. The first-order valence-corrected chi connectivity index (χ1v) is 18.1. The van der Waals surface area contributed by atoms with E-state index >= 15 is 0 Å². The first-order valence-electron chi connectivity index (χ1n) is 14.6. The zero-order valence-corrected chi connectivity index (χ0v) is 28.5. The third-order valence-electron chi connectivity index (χ3n) is 6.63. The molecule has 0 spiro atoms. The molecule has 42 heavy (non-hydrogen) atoms. The molecule has 1 saturated heterocycles. The molecule has 5 rings (SSSR count). The van der Waals surface area contributed by atoms with Crippen molar-refractivity contribution >= 4 is 51.3 Å². The molecule has 0 saturated carbocycles. The maximum absolute atomic E-state index is 11.1. The highest BCUT2D eigenvalue weighted by molar-refractivity contribution is 7.10. The van der Waals surface area contributed by atoms with Gasteiger partial charge in [0, 0.05) is 40.1 Å². The molecule has 1 aliphatic heterocycles. The van der Waals surface area contributed by atoms with E-state index in [1.54, 1.807) is 34.0 Å². The minimum absolute atomic E-state index is 0.148. The fourth-order valence-corrected chi connectivity index (χ4v) is 7.45. The van der Waals surface area contributed by atoms with Gasteiger partial charge in [0.2, 0.25) is 0 Å². The molecule has 1 atom stereocenters. The Kier molecular flexibility index (Phi) is 15.9. The SMILES string of the molecule is CC1CCCO1.COC(=O)CCc1csc(CCc2csc(C)n2)c1.Cc1nc(CCc2cc(CCCO)cs2)cs1. The molecule has 1 N–H and O–H groups in total. The van der Waals surface area contributed by atoms with Crippen molar-refractivity contribution in [2.75, 3.05) is 20.3 Å². The number of carbonyl (C=O) groups is 1. The third-order valence-corrected chi connectivity index (χ3v) is 10.4. The van der Waals surface area contributed by atoms with Crippen LogP contribution in [0.2, 0.25) is 0 Å². The maximum Gasteiger partial charge on any atom is 0.305 e. The number of methoxy groups -OCH3 is 1. The Labute approximate surface area is 266 Å². The summed E-state index contributed by atoms with van der Waals surface area (Å²) < 4.78 is 9.80. The average Bonchev–Trinajstić information content (AvgIpc) is 3.82. The number of nitrogens with zero attached hydrogens (tertiary/aromatic N) is 2. The van der Waals surface area contributed by atoms with Gasteiger partial charge in [-0.05, 0) is 113 Å². The number of ether oxygens (including phenoxy) is 2. The zero-order valence-electron chi connectivity index (χ0n) is 25.2. The van der Waals surface area contributed by atoms with Crippen molar-refractivity contribution in [3.05, 3.63) is 75.9 Å². The van der Waals surface area contributed by atoms with Crippen LogP contribution in [0.1, 0.15) is 74.9 Å². The van der Waals surface area contributed by atoms with Crippen molar-refractivity contribution in [2.24, 2.45) is 0 Å². The van der Waals surface area contributed by atoms with Gasteiger partial charge < -0.3 is 14.6 Å². The second-order valence-corrected chi connectivity index (χ2v) is 14.4. The van der Waals surface area contributed by atoms with Gasteiger partial charge in [-0.15, -0.1) is 45.3 Å². The molecule has 0 aromatic carbocycles. The van der Waals surface area contributed by atoms with E-state index in [0.717, 1.165) is 61.6 Å². The lowest BCUT2D eigenvalue weighted by atomic mass is 10.1. The van der Waals surface area contributed by atoms with Crippen molar-refractivity contribution < 1.29 is 19.4 Å². The molecule has 10 heteroatoms. The molecule has 5 heterocycles. The van der Waals surface area contributed by atoms with Gasteiger partial charge in [0.1, 0.15) is 0 Å². The molecule has 1 unspecified atom stereocenters. The second-order valence-electron chi connectivity index (χ2n) is 10.3. The summed E-state index contributed by atoms with van der Waals surface area (Å²) in [6.45, 7) is 7.47. The first-order chi connectivity index (χ1) is 20.3. The Morgan fingerprint density at radius 3 is 1.86 bits per heavy atom. The fourth-order valence-electron chi connectivity index (χ4n) is 4.30. The van der Waals surface area contributed by atoms with E-state index in [4.69, 9.17) is 9.84 Å². The van der Waals surface area contributed by atoms with Gasteiger partial charge in [0.25, 0.3) is 0 Å². The molecule has 1 fully saturated rings. The molecule has 0 aliphatic carbocycles. The summed E-state index contributed by atoms with van der Waals surface area (Å²) in [5.41, 5.74) is 4.96. The Balaban J connectivity index is 0.000000193. The van der Waals surface area contributed by atoms with Gasteiger partial charge in [0.15, 0.2) is 0 Å². The lowest BCUT2D eigenvalue weighted by Crippen LogP contribution is -2.01. The van der Waals surface area contributed by atoms with E-state index in [-0.39, 0.29) is 12.6 Å². The van der Waals surface area contributed by atoms with Crippen molar-refractivity contribution in [3.8, 4) is 0 Å². The number of aliphatic hydroxyl groups excluding tert-OH is 1. The molecule has 6 nitrogen and oxygen atoms in total. The van der Waals surface area contributed by atoms with Gasteiger partial charge >= 0.3 is 5.97 Å². The highest BCUT2D eigenvalue weighted by Gasteiger charge is 2.08. The van der Waals surface area contributed by atoms with Crippen molar-refractivity contribution in [1.29, 1.82) is 0 Å². The molecule has 1 aliphatic rings.